The lowest BCUT2D eigenvalue weighted by atomic mass is 9.77. The highest BCUT2D eigenvalue weighted by molar-refractivity contribution is 6.11. The third-order valence-corrected chi connectivity index (χ3v) is 9.02. The van der Waals surface area contributed by atoms with Gasteiger partial charge in [0.2, 0.25) is 0 Å². The van der Waals surface area contributed by atoms with Crippen molar-refractivity contribution in [3.63, 3.8) is 0 Å². The molecule has 3 heteroatoms. The van der Waals surface area contributed by atoms with Crippen LogP contribution < -0.4 is 14.2 Å². The Morgan fingerprint density at radius 3 is 1.12 bits per heavy atom. The smallest absolute Gasteiger partial charge is 0.120 e. The third-order valence-electron chi connectivity index (χ3n) is 9.02. The molecule has 0 N–H and O–H groups in total. The molecular formula is C49H50O3. The Kier molecular flexibility index (Phi) is 9.03. The average molecular weight is 687 g/mol. The van der Waals surface area contributed by atoms with Crippen LogP contribution in [-0.2, 0) is 6.42 Å². The molecule has 1 aliphatic rings. The van der Waals surface area contributed by atoms with Gasteiger partial charge in [-0.15, -0.1) is 0 Å². The first kappa shape index (κ1) is 35.1. The zero-order valence-electron chi connectivity index (χ0n) is 32.1. The fourth-order valence-corrected chi connectivity index (χ4v) is 7.30. The van der Waals surface area contributed by atoms with E-state index in [1.54, 1.807) is 0 Å². The van der Waals surface area contributed by atoms with Crippen LogP contribution in [0, 0.1) is 0 Å². The van der Waals surface area contributed by atoms with Crippen molar-refractivity contribution < 1.29 is 14.2 Å². The number of benzene rings is 6. The van der Waals surface area contributed by atoms with E-state index >= 15 is 0 Å². The lowest BCUT2D eigenvalue weighted by Crippen LogP contribution is -2.22. The summed E-state index contributed by atoms with van der Waals surface area (Å²) in [7, 11) is 0. The fourth-order valence-electron chi connectivity index (χ4n) is 7.30. The van der Waals surface area contributed by atoms with Crippen LogP contribution in [0.3, 0.4) is 0 Å². The van der Waals surface area contributed by atoms with Gasteiger partial charge in [0.25, 0.3) is 0 Å². The molecule has 0 atom stereocenters. The highest BCUT2D eigenvalue weighted by atomic mass is 16.5. The SMILES string of the molecule is CC(C)(C)Oc1ccc(-c2c(-c3ccccc3)c3c(c(-c4ccc(OC(C)(C)C)cc4)c2-c2ccc(OC(C)(C)C)cc2)-c2ccccc2C3)cc1. The molecule has 0 bridgehead atoms. The summed E-state index contributed by atoms with van der Waals surface area (Å²) in [5.74, 6) is 2.56. The molecule has 0 radical (unpaired) electrons. The van der Waals surface area contributed by atoms with E-state index in [0.717, 1.165) is 40.4 Å². The molecule has 0 heterocycles. The summed E-state index contributed by atoms with van der Waals surface area (Å²) in [5, 5.41) is 0. The van der Waals surface area contributed by atoms with Gasteiger partial charge < -0.3 is 14.2 Å². The second-order valence-corrected chi connectivity index (χ2v) is 16.8. The van der Waals surface area contributed by atoms with Crippen LogP contribution in [0.5, 0.6) is 17.2 Å². The Morgan fingerprint density at radius 2 is 0.692 bits per heavy atom. The third kappa shape index (κ3) is 7.51. The number of rotatable bonds is 7. The van der Waals surface area contributed by atoms with Crippen molar-refractivity contribution in [3.8, 4) is 72.9 Å². The predicted molar refractivity (Wildman–Crippen MR) is 218 cm³/mol. The topological polar surface area (TPSA) is 27.7 Å². The molecule has 0 amide bonds. The lowest BCUT2D eigenvalue weighted by molar-refractivity contribution is 0.130. The van der Waals surface area contributed by atoms with Crippen molar-refractivity contribution >= 4 is 0 Å². The van der Waals surface area contributed by atoms with Crippen LogP contribution in [-0.4, -0.2) is 16.8 Å². The second kappa shape index (κ2) is 13.4. The number of hydrogen-bond donors (Lipinski definition) is 0. The van der Waals surface area contributed by atoms with E-state index in [1.807, 2.05) is 0 Å². The summed E-state index contributed by atoms with van der Waals surface area (Å²) in [4.78, 5) is 0. The fraction of sp³-hybridized carbons (Fsp3) is 0.265. The molecule has 0 unspecified atom stereocenters. The molecule has 3 nitrogen and oxygen atoms in total. The Bertz CT molecular complexity index is 2190. The van der Waals surface area contributed by atoms with E-state index in [4.69, 9.17) is 14.2 Å². The maximum absolute atomic E-state index is 6.31. The maximum atomic E-state index is 6.31. The molecule has 0 aliphatic heterocycles. The molecule has 0 spiro atoms. The number of hydrogen-bond acceptors (Lipinski definition) is 3. The minimum absolute atomic E-state index is 0.295. The maximum Gasteiger partial charge on any atom is 0.120 e. The van der Waals surface area contributed by atoms with Gasteiger partial charge in [-0.3, -0.25) is 0 Å². The zero-order chi connectivity index (χ0) is 36.8. The van der Waals surface area contributed by atoms with E-state index in [-0.39, 0.29) is 16.8 Å². The molecule has 0 saturated heterocycles. The molecule has 52 heavy (non-hydrogen) atoms. The minimum atomic E-state index is -0.302. The zero-order valence-corrected chi connectivity index (χ0v) is 32.1. The molecule has 0 aromatic heterocycles. The van der Waals surface area contributed by atoms with Gasteiger partial charge in [-0.1, -0.05) is 91.0 Å². The van der Waals surface area contributed by atoms with Gasteiger partial charge >= 0.3 is 0 Å². The standard InChI is InChI=1S/C49H50O3/c1-47(2,3)50-37-25-19-33(20-26-37)43-42(32-15-11-10-12-16-32)41-31-36-17-13-14-18-40(36)46(41)45(35-23-29-39(30-24-35)52-49(7,8)9)44(43)34-21-27-38(28-22-34)51-48(4,5)6/h10-30H,31H2,1-9H3. The van der Waals surface area contributed by atoms with E-state index in [2.05, 4.69) is 190 Å². The first-order valence-electron chi connectivity index (χ1n) is 18.4. The minimum Gasteiger partial charge on any atom is -0.488 e. The number of ether oxygens (including phenoxy) is 3. The van der Waals surface area contributed by atoms with E-state index in [9.17, 15) is 0 Å². The van der Waals surface area contributed by atoms with E-state index < -0.39 is 0 Å². The second-order valence-electron chi connectivity index (χ2n) is 16.8. The van der Waals surface area contributed by atoms with E-state index in [0.29, 0.717) is 0 Å². The highest BCUT2D eigenvalue weighted by Crippen LogP contribution is 2.56. The van der Waals surface area contributed by atoms with Gasteiger partial charge in [-0.05, 0) is 172 Å². The average Bonchev–Trinajstić information content (AvgIpc) is 3.46. The summed E-state index contributed by atoms with van der Waals surface area (Å²) in [5.41, 5.74) is 13.9. The summed E-state index contributed by atoms with van der Waals surface area (Å²) in [6.45, 7) is 18.8. The Morgan fingerprint density at radius 1 is 0.346 bits per heavy atom. The highest BCUT2D eigenvalue weighted by Gasteiger charge is 2.32. The molecule has 6 aromatic carbocycles. The van der Waals surface area contributed by atoms with Crippen LogP contribution >= 0.6 is 0 Å². The van der Waals surface area contributed by atoms with Crippen LogP contribution in [0.15, 0.2) is 127 Å². The van der Waals surface area contributed by atoms with Gasteiger partial charge in [0.05, 0.1) is 0 Å². The van der Waals surface area contributed by atoms with Gasteiger partial charge in [0.1, 0.15) is 34.1 Å². The van der Waals surface area contributed by atoms with Crippen LogP contribution in [0.25, 0.3) is 55.6 Å². The molecule has 6 aromatic rings. The quantitative estimate of drug-likeness (QED) is 0.167. The van der Waals surface area contributed by atoms with Gasteiger partial charge in [0, 0.05) is 0 Å². The molecular weight excluding hydrogens is 637 g/mol. The molecule has 1 aliphatic carbocycles. The van der Waals surface area contributed by atoms with Crippen molar-refractivity contribution in [1.29, 1.82) is 0 Å². The molecule has 0 fully saturated rings. The largest absolute Gasteiger partial charge is 0.488 e. The van der Waals surface area contributed by atoms with Crippen molar-refractivity contribution in [2.75, 3.05) is 0 Å². The lowest BCUT2D eigenvalue weighted by Gasteiger charge is -2.27. The summed E-state index contributed by atoms with van der Waals surface area (Å²) >= 11 is 0. The number of fused-ring (bicyclic) bond motifs is 3. The van der Waals surface area contributed by atoms with Crippen molar-refractivity contribution in [1.82, 2.24) is 0 Å². The summed E-state index contributed by atoms with van der Waals surface area (Å²) in [6, 6.07) is 45.8. The predicted octanol–water partition coefficient (Wildman–Crippen LogP) is 13.5. The van der Waals surface area contributed by atoms with Crippen molar-refractivity contribution in [3.05, 3.63) is 139 Å². The summed E-state index contributed by atoms with van der Waals surface area (Å²) < 4.78 is 18.9. The Balaban J connectivity index is 1.59. The Labute approximate surface area is 310 Å². The first-order chi connectivity index (χ1) is 24.6. The Hall–Kier alpha value is -5.28. The van der Waals surface area contributed by atoms with Crippen LogP contribution in [0.2, 0.25) is 0 Å². The molecule has 0 saturated carbocycles. The summed E-state index contributed by atoms with van der Waals surface area (Å²) in [6.07, 6.45) is 0.852. The first-order valence-corrected chi connectivity index (χ1v) is 18.4. The van der Waals surface area contributed by atoms with Gasteiger partial charge in [-0.25, -0.2) is 0 Å². The normalized spacial score (nSPS) is 12.6. The van der Waals surface area contributed by atoms with Gasteiger partial charge in [0.15, 0.2) is 0 Å². The van der Waals surface area contributed by atoms with E-state index in [1.165, 1.54) is 50.1 Å². The van der Waals surface area contributed by atoms with Crippen LogP contribution in [0.4, 0.5) is 0 Å². The van der Waals surface area contributed by atoms with Crippen molar-refractivity contribution in [2.45, 2.75) is 85.5 Å². The van der Waals surface area contributed by atoms with Crippen molar-refractivity contribution in [2.24, 2.45) is 0 Å². The molecule has 7 rings (SSSR count). The van der Waals surface area contributed by atoms with Gasteiger partial charge in [-0.2, -0.15) is 0 Å². The monoisotopic (exact) mass is 686 g/mol. The molecule has 264 valence electrons. The van der Waals surface area contributed by atoms with Crippen LogP contribution in [0.1, 0.15) is 73.4 Å².